The first-order valence-corrected chi connectivity index (χ1v) is 9.37. The predicted molar refractivity (Wildman–Crippen MR) is 104 cm³/mol. The van der Waals surface area contributed by atoms with E-state index >= 15 is 0 Å². The van der Waals surface area contributed by atoms with Gasteiger partial charge in [0, 0.05) is 10.8 Å². The van der Waals surface area contributed by atoms with Gasteiger partial charge in [0.1, 0.15) is 11.2 Å². The van der Waals surface area contributed by atoms with E-state index in [1.54, 1.807) is 0 Å². The molecule has 1 heterocycles. The lowest BCUT2D eigenvalue weighted by Gasteiger charge is -2.04. The second kappa shape index (κ2) is 6.61. The third-order valence-corrected chi connectivity index (χ3v) is 5.69. The molecule has 0 saturated carbocycles. The van der Waals surface area contributed by atoms with Crippen LogP contribution in [0.3, 0.4) is 0 Å². The summed E-state index contributed by atoms with van der Waals surface area (Å²) in [4.78, 5) is 0. The van der Waals surface area contributed by atoms with E-state index in [0.717, 1.165) is 24.0 Å². The highest BCUT2D eigenvalue weighted by atomic mass is 127. The lowest BCUT2D eigenvalue weighted by molar-refractivity contribution is 0.660. The van der Waals surface area contributed by atoms with E-state index < -0.39 is 0 Å². The predicted octanol–water partition coefficient (Wildman–Crippen LogP) is 6.79. The summed E-state index contributed by atoms with van der Waals surface area (Å²) in [6, 6.07) is 9.03. The summed E-state index contributed by atoms with van der Waals surface area (Å²) < 4.78 is 7.60. The molecule has 0 aliphatic rings. The number of hydrogen-bond acceptors (Lipinski definition) is 1. The number of hydrogen-bond donors (Lipinski definition) is 0. The largest absolute Gasteiger partial charge is 0.455 e. The Hall–Kier alpha value is -1.03. The Morgan fingerprint density at radius 1 is 0.864 bits per heavy atom. The number of halogens is 1. The molecule has 3 rings (SSSR count). The highest BCUT2D eigenvalue weighted by Crippen LogP contribution is 2.36. The lowest BCUT2D eigenvalue weighted by atomic mass is 10.0. The molecule has 0 atom stereocenters. The number of benzene rings is 2. The molecule has 22 heavy (non-hydrogen) atoms. The van der Waals surface area contributed by atoms with Crippen molar-refractivity contribution in [3.63, 3.8) is 0 Å². The standard InChI is InChI=1S/C20H23IO/c1-4-6-8-15-10-12-17-16-11-9-14(7-5-2)13(3)19(16)22-20(17)18(15)21/h9-12H,4-8H2,1-3H3. The Morgan fingerprint density at radius 2 is 1.55 bits per heavy atom. The zero-order valence-electron chi connectivity index (χ0n) is 13.6. The molecule has 0 amide bonds. The highest BCUT2D eigenvalue weighted by Gasteiger charge is 2.15. The minimum atomic E-state index is 1.07. The Balaban J connectivity index is 2.20. The molecule has 0 spiro atoms. The fourth-order valence-electron chi connectivity index (χ4n) is 3.19. The molecular weight excluding hydrogens is 383 g/mol. The van der Waals surface area contributed by atoms with Crippen molar-refractivity contribution in [1.82, 2.24) is 0 Å². The number of unbranched alkanes of at least 4 members (excludes halogenated alkanes) is 1. The summed E-state index contributed by atoms with van der Waals surface area (Å²) in [6.07, 6.45) is 5.90. The zero-order chi connectivity index (χ0) is 15.7. The summed E-state index contributed by atoms with van der Waals surface area (Å²) in [6.45, 7) is 6.66. The van der Waals surface area contributed by atoms with Crippen molar-refractivity contribution in [2.45, 2.75) is 52.9 Å². The summed E-state index contributed by atoms with van der Waals surface area (Å²) >= 11 is 2.46. The van der Waals surface area contributed by atoms with Gasteiger partial charge in [-0.05, 0) is 65.5 Å². The third-order valence-electron chi connectivity index (χ3n) is 4.51. The van der Waals surface area contributed by atoms with Gasteiger partial charge in [0.25, 0.3) is 0 Å². The van der Waals surface area contributed by atoms with Crippen LogP contribution in [-0.2, 0) is 12.8 Å². The van der Waals surface area contributed by atoms with Crippen molar-refractivity contribution in [3.05, 3.63) is 44.5 Å². The molecule has 0 N–H and O–H groups in total. The highest BCUT2D eigenvalue weighted by molar-refractivity contribution is 14.1. The van der Waals surface area contributed by atoms with Crippen molar-refractivity contribution in [1.29, 1.82) is 0 Å². The first kappa shape index (κ1) is 15.9. The second-order valence-electron chi connectivity index (χ2n) is 6.10. The average molecular weight is 406 g/mol. The minimum Gasteiger partial charge on any atom is -0.455 e. The maximum absolute atomic E-state index is 6.31. The van der Waals surface area contributed by atoms with Crippen LogP contribution in [0.2, 0.25) is 0 Å². The minimum absolute atomic E-state index is 1.07. The van der Waals surface area contributed by atoms with Crippen LogP contribution >= 0.6 is 22.6 Å². The van der Waals surface area contributed by atoms with Crippen LogP contribution in [0.15, 0.2) is 28.7 Å². The third kappa shape index (κ3) is 2.66. The van der Waals surface area contributed by atoms with E-state index in [-0.39, 0.29) is 0 Å². The Labute approximate surface area is 146 Å². The summed E-state index contributed by atoms with van der Waals surface area (Å²) in [7, 11) is 0. The van der Waals surface area contributed by atoms with E-state index in [9.17, 15) is 0 Å². The van der Waals surface area contributed by atoms with Gasteiger partial charge in [0.05, 0.1) is 3.57 Å². The van der Waals surface area contributed by atoms with Crippen LogP contribution in [0.4, 0.5) is 0 Å². The van der Waals surface area contributed by atoms with Gasteiger partial charge in [-0.25, -0.2) is 0 Å². The van der Waals surface area contributed by atoms with Gasteiger partial charge in [-0.15, -0.1) is 0 Å². The smallest absolute Gasteiger partial charge is 0.149 e. The zero-order valence-corrected chi connectivity index (χ0v) is 15.8. The van der Waals surface area contributed by atoms with E-state index in [1.807, 2.05) is 0 Å². The number of fused-ring (bicyclic) bond motifs is 3. The topological polar surface area (TPSA) is 13.1 Å². The number of aryl methyl sites for hydroxylation is 3. The molecule has 0 unspecified atom stereocenters. The normalized spacial score (nSPS) is 11.6. The van der Waals surface area contributed by atoms with Gasteiger partial charge >= 0.3 is 0 Å². The molecule has 2 heteroatoms. The molecule has 0 radical (unpaired) electrons. The average Bonchev–Trinajstić information content (AvgIpc) is 2.90. The molecular formula is C20H23IO. The molecule has 1 nitrogen and oxygen atoms in total. The summed E-state index contributed by atoms with van der Waals surface area (Å²) in [5.74, 6) is 0. The van der Waals surface area contributed by atoms with Gasteiger partial charge in [-0.1, -0.05) is 51.0 Å². The van der Waals surface area contributed by atoms with Crippen molar-refractivity contribution in [3.8, 4) is 0 Å². The van der Waals surface area contributed by atoms with Gasteiger partial charge in [0.15, 0.2) is 0 Å². The van der Waals surface area contributed by atoms with Crippen LogP contribution in [0, 0.1) is 10.5 Å². The van der Waals surface area contributed by atoms with Gasteiger partial charge < -0.3 is 4.42 Å². The fraction of sp³-hybridized carbons (Fsp3) is 0.400. The van der Waals surface area contributed by atoms with Crippen molar-refractivity contribution in [2.24, 2.45) is 0 Å². The molecule has 0 bridgehead atoms. The molecule has 1 aromatic heterocycles. The summed E-state index contributed by atoms with van der Waals surface area (Å²) in [5.41, 5.74) is 6.28. The fourth-order valence-corrected chi connectivity index (χ4v) is 4.04. The maximum atomic E-state index is 6.31. The Morgan fingerprint density at radius 3 is 2.23 bits per heavy atom. The molecule has 116 valence electrons. The quantitative estimate of drug-likeness (QED) is 0.425. The first-order chi connectivity index (χ1) is 10.7. The van der Waals surface area contributed by atoms with Crippen molar-refractivity contribution >= 4 is 44.5 Å². The molecule has 3 aromatic rings. The van der Waals surface area contributed by atoms with Crippen molar-refractivity contribution in [2.75, 3.05) is 0 Å². The van der Waals surface area contributed by atoms with E-state index in [2.05, 4.69) is 67.6 Å². The number of rotatable bonds is 5. The molecule has 0 fully saturated rings. The Kier molecular flexibility index (Phi) is 4.76. The molecule has 2 aromatic carbocycles. The van der Waals surface area contributed by atoms with E-state index in [0.29, 0.717) is 0 Å². The number of furan rings is 1. The first-order valence-electron chi connectivity index (χ1n) is 8.29. The molecule has 0 saturated heterocycles. The molecule has 0 aliphatic carbocycles. The van der Waals surface area contributed by atoms with Gasteiger partial charge in [0.2, 0.25) is 0 Å². The SMILES string of the molecule is CCCCc1ccc2c(oc3c(C)c(CCC)ccc32)c1I. The van der Waals surface area contributed by atoms with Crippen LogP contribution in [0.25, 0.3) is 21.9 Å². The van der Waals surface area contributed by atoms with Crippen LogP contribution in [-0.4, -0.2) is 0 Å². The van der Waals surface area contributed by atoms with Crippen molar-refractivity contribution < 1.29 is 4.42 Å². The van der Waals surface area contributed by atoms with Gasteiger partial charge in [-0.2, -0.15) is 0 Å². The Bertz CT molecular complexity index is 814. The maximum Gasteiger partial charge on any atom is 0.149 e. The summed E-state index contributed by atoms with van der Waals surface area (Å²) in [5, 5.41) is 2.51. The molecule has 0 aliphatic heterocycles. The second-order valence-corrected chi connectivity index (χ2v) is 7.18. The van der Waals surface area contributed by atoms with Crippen LogP contribution in [0.5, 0.6) is 0 Å². The monoisotopic (exact) mass is 406 g/mol. The van der Waals surface area contributed by atoms with Crippen LogP contribution in [0.1, 0.15) is 49.8 Å². The lowest BCUT2D eigenvalue weighted by Crippen LogP contribution is -1.89. The van der Waals surface area contributed by atoms with Gasteiger partial charge in [-0.3, -0.25) is 0 Å². The van der Waals surface area contributed by atoms with E-state index in [1.165, 1.54) is 50.3 Å². The van der Waals surface area contributed by atoms with E-state index in [4.69, 9.17) is 4.42 Å². The van der Waals surface area contributed by atoms with Crippen LogP contribution < -0.4 is 0 Å².